The fourth-order valence-corrected chi connectivity index (χ4v) is 3.85. The summed E-state index contributed by atoms with van der Waals surface area (Å²) in [6, 6.07) is 11.1. The van der Waals surface area contributed by atoms with Gasteiger partial charge >= 0.3 is 5.97 Å². The number of aliphatic hydroxyl groups excluding tert-OH is 1. The van der Waals surface area contributed by atoms with E-state index in [-0.39, 0.29) is 4.90 Å². The van der Waals surface area contributed by atoms with Crippen molar-refractivity contribution >= 4 is 16.0 Å². The minimum Gasteiger partial charge on any atom is -0.480 e. The second kappa shape index (κ2) is 7.12. The number of sulfonamides is 1. The number of carboxylic acid groups (broad SMARTS) is 1. The number of aryl methyl sites for hydroxylation is 2. The summed E-state index contributed by atoms with van der Waals surface area (Å²) in [7, 11) is -4.10. The lowest BCUT2D eigenvalue weighted by atomic mass is 10.0. The molecule has 0 aliphatic rings. The van der Waals surface area contributed by atoms with Gasteiger partial charge in [-0.05, 0) is 31.0 Å². The molecule has 24 heavy (non-hydrogen) atoms. The minimum atomic E-state index is -4.10. The Morgan fingerprint density at radius 1 is 1.08 bits per heavy atom. The van der Waals surface area contributed by atoms with E-state index in [4.69, 9.17) is 0 Å². The van der Waals surface area contributed by atoms with E-state index in [0.29, 0.717) is 11.1 Å². The Morgan fingerprint density at radius 3 is 2.25 bits per heavy atom. The van der Waals surface area contributed by atoms with Gasteiger partial charge in [-0.25, -0.2) is 8.42 Å². The van der Waals surface area contributed by atoms with Gasteiger partial charge in [-0.3, -0.25) is 4.79 Å². The summed E-state index contributed by atoms with van der Waals surface area (Å²) in [5.74, 6) is -1.46. The Balaban J connectivity index is 2.35. The minimum absolute atomic E-state index is 0.0142. The van der Waals surface area contributed by atoms with Gasteiger partial charge < -0.3 is 10.2 Å². The van der Waals surface area contributed by atoms with Gasteiger partial charge in [0.1, 0.15) is 12.1 Å². The van der Waals surface area contributed by atoms with Crippen LogP contribution in [-0.2, 0) is 14.8 Å². The van der Waals surface area contributed by atoms with Crippen LogP contribution in [0, 0.1) is 13.8 Å². The Kier molecular flexibility index (Phi) is 5.38. The predicted molar refractivity (Wildman–Crippen MR) is 89.1 cm³/mol. The van der Waals surface area contributed by atoms with Gasteiger partial charge in [-0.2, -0.15) is 4.72 Å². The standard InChI is InChI=1S/C17H19NO5S/c1-11-8-9-14(12(2)10-11)24(22,23)18-15(17(20)21)16(19)13-6-4-3-5-7-13/h3-10,15-16,18-19H,1-2H3,(H,20,21). The average molecular weight is 349 g/mol. The highest BCUT2D eigenvalue weighted by molar-refractivity contribution is 7.89. The first-order valence-electron chi connectivity index (χ1n) is 7.28. The van der Waals surface area contributed by atoms with Gasteiger partial charge in [-0.15, -0.1) is 0 Å². The maximum absolute atomic E-state index is 12.5. The maximum Gasteiger partial charge on any atom is 0.324 e. The maximum atomic E-state index is 12.5. The lowest BCUT2D eigenvalue weighted by Crippen LogP contribution is -2.45. The van der Waals surface area contributed by atoms with E-state index < -0.39 is 28.1 Å². The van der Waals surface area contributed by atoms with Crippen LogP contribution < -0.4 is 4.72 Å². The molecule has 0 bridgehead atoms. The highest BCUT2D eigenvalue weighted by Gasteiger charge is 2.33. The number of benzene rings is 2. The van der Waals surface area contributed by atoms with Crippen molar-refractivity contribution in [2.75, 3.05) is 0 Å². The molecular formula is C17H19NO5S. The molecule has 0 saturated carbocycles. The molecule has 0 spiro atoms. The van der Waals surface area contributed by atoms with Crippen LogP contribution in [0.25, 0.3) is 0 Å². The van der Waals surface area contributed by atoms with Crippen molar-refractivity contribution in [1.82, 2.24) is 4.72 Å². The van der Waals surface area contributed by atoms with Crippen molar-refractivity contribution in [2.45, 2.75) is 30.9 Å². The first-order valence-corrected chi connectivity index (χ1v) is 8.76. The van der Waals surface area contributed by atoms with E-state index in [9.17, 15) is 23.4 Å². The zero-order valence-corrected chi connectivity index (χ0v) is 14.1. The molecule has 0 aliphatic heterocycles. The molecule has 0 fully saturated rings. The normalized spacial score (nSPS) is 14.1. The average Bonchev–Trinajstić information content (AvgIpc) is 2.52. The van der Waals surface area contributed by atoms with E-state index in [1.807, 2.05) is 6.92 Å². The predicted octanol–water partition coefficient (Wildman–Crippen LogP) is 1.77. The van der Waals surface area contributed by atoms with Crippen LogP contribution in [0.2, 0.25) is 0 Å². The Morgan fingerprint density at radius 2 is 1.71 bits per heavy atom. The molecule has 0 amide bonds. The number of aliphatic hydroxyl groups is 1. The number of carboxylic acids is 1. The van der Waals surface area contributed by atoms with E-state index in [1.54, 1.807) is 37.3 Å². The van der Waals surface area contributed by atoms with Gasteiger partial charge in [0.05, 0.1) is 4.90 Å². The van der Waals surface area contributed by atoms with E-state index in [2.05, 4.69) is 4.72 Å². The van der Waals surface area contributed by atoms with Crippen molar-refractivity contribution in [3.8, 4) is 0 Å². The molecule has 7 heteroatoms. The summed E-state index contributed by atoms with van der Waals surface area (Å²) in [4.78, 5) is 11.5. The summed E-state index contributed by atoms with van der Waals surface area (Å²) in [6.07, 6.45) is -1.51. The van der Waals surface area contributed by atoms with Crippen LogP contribution in [0.15, 0.2) is 53.4 Å². The summed E-state index contributed by atoms with van der Waals surface area (Å²) in [5, 5.41) is 19.6. The first kappa shape index (κ1) is 18.1. The second-order valence-corrected chi connectivity index (χ2v) is 7.24. The van der Waals surface area contributed by atoms with Crippen molar-refractivity contribution in [1.29, 1.82) is 0 Å². The van der Waals surface area contributed by atoms with Gasteiger partial charge in [-0.1, -0.05) is 48.0 Å². The van der Waals surface area contributed by atoms with E-state index >= 15 is 0 Å². The van der Waals surface area contributed by atoms with Crippen molar-refractivity contribution in [2.24, 2.45) is 0 Å². The van der Waals surface area contributed by atoms with Gasteiger partial charge in [0.15, 0.2) is 0 Å². The number of carbonyl (C=O) groups is 1. The molecule has 0 heterocycles. The quantitative estimate of drug-likeness (QED) is 0.737. The molecule has 2 aromatic carbocycles. The highest BCUT2D eigenvalue weighted by atomic mass is 32.2. The largest absolute Gasteiger partial charge is 0.480 e. The molecule has 2 unspecified atom stereocenters. The number of hydrogen-bond donors (Lipinski definition) is 3. The molecule has 2 rings (SSSR count). The molecule has 2 atom stereocenters. The Bertz CT molecular complexity index is 833. The smallest absolute Gasteiger partial charge is 0.324 e. The third-order valence-corrected chi connectivity index (χ3v) is 5.23. The molecule has 0 aliphatic carbocycles. The summed E-state index contributed by atoms with van der Waals surface area (Å²) < 4.78 is 27.1. The van der Waals surface area contributed by atoms with Crippen molar-refractivity contribution in [3.05, 3.63) is 65.2 Å². The lowest BCUT2D eigenvalue weighted by molar-refractivity contribution is -0.141. The highest BCUT2D eigenvalue weighted by Crippen LogP contribution is 2.21. The molecule has 0 aromatic heterocycles. The Hall–Kier alpha value is -2.22. The van der Waals surface area contributed by atoms with Crippen LogP contribution in [-0.4, -0.2) is 30.6 Å². The van der Waals surface area contributed by atoms with Crippen molar-refractivity contribution in [3.63, 3.8) is 0 Å². The fraction of sp³-hybridized carbons (Fsp3) is 0.235. The van der Waals surface area contributed by atoms with Crippen LogP contribution in [0.5, 0.6) is 0 Å². The number of rotatable bonds is 6. The number of aliphatic carboxylic acids is 1. The molecule has 0 radical (unpaired) electrons. The number of nitrogens with one attached hydrogen (secondary N) is 1. The topological polar surface area (TPSA) is 104 Å². The van der Waals surface area contributed by atoms with E-state index in [1.165, 1.54) is 18.2 Å². The van der Waals surface area contributed by atoms with Crippen LogP contribution in [0.1, 0.15) is 22.8 Å². The summed E-state index contributed by atoms with van der Waals surface area (Å²) in [5.41, 5.74) is 1.71. The zero-order valence-electron chi connectivity index (χ0n) is 13.3. The summed E-state index contributed by atoms with van der Waals surface area (Å²) >= 11 is 0. The van der Waals surface area contributed by atoms with E-state index in [0.717, 1.165) is 5.56 Å². The van der Waals surface area contributed by atoms with Crippen LogP contribution in [0.4, 0.5) is 0 Å². The first-order chi connectivity index (χ1) is 11.2. The molecule has 3 N–H and O–H groups in total. The molecule has 2 aromatic rings. The summed E-state index contributed by atoms with van der Waals surface area (Å²) in [6.45, 7) is 3.46. The molecule has 128 valence electrons. The number of hydrogen-bond acceptors (Lipinski definition) is 4. The lowest BCUT2D eigenvalue weighted by Gasteiger charge is -2.21. The van der Waals surface area contributed by atoms with Gasteiger partial charge in [0.25, 0.3) is 0 Å². The van der Waals surface area contributed by atoms with Gasteiger partial charge in [0.2, 0.25) is 10.0 Å². The third kappa shape index (κ3) is 4.00. The third-order valence-electron chi connectivity index (χ3n) is 3.62. The molecular weight excluding hydrogens is 330 g/mol. The molecule has 6 nitrogen and oxygen atoms in total. The van der Waals surface area contributed by atoms with Crippen LogP contribution in [0.3, 0.4) is 0 Å². The Labute approximate surface area is 140 Å². The monoisotopic (exact) mass is 349 g/mol. The fourth-order valence-electron chi connectivity index (χ4n) is 2.42. The second-order valence-electron chi connectivity index (χ2n) is 5.56. The molecule has 0 saturated heterocycles. The zero-order chi connectivity index (χ0) is 17.9. The SMILES string of the molecule is Cc1ccc(S(=O)(=O)NC(C(=O)O)C(O)c2ccccc2)c(C)c1. The van der Waals surface area contributed by atoms with Crippen LogP contribution >= 0.6 is 0 Å². The van der Waals surface area contributed by atoms with Gasteiger partial charge in [0, 0.05) is 0 Å². The van der Waals surface area contributed by atoms with Crippen molar-refractivity contribution < 1.29 is 23.4 Å².